The normalized spacial score (nSPS) is 15.2. The van der Waals surface area contributed by atoms with Gasteiger partial charge in [-0.25, -0.2) is 8.42 Å². The standard InChI is InChI=1S/C17H20N2O4S/c1-18(2)14-6-3-5-13(9-14)17(20)19-10-16(11-19)24(21,22)12-15-7-4-8-23-15/h3-9,16H,10-12H2,1-2H3. The zero-order valence-electron chi connectivity index (χ0n) is 13.7. The molecule has 0 bridgehead atoms. The zero-order chi connectivity index (χ0) is 17.3. The van der Waals surface area contributed by atoms with Gasteiger partial charge < -0.3 is 14.2 Å². The first kappa shape index (κ1) is 16.6. The minimum absolute atomic E-state index is 0.122. The molecule has 0 spiro atoms. The van der Waals surface area contributed by atoms with E-state index in [0.717, 1.165) is 5.69 Å². The Kier molecular flexibility index (Phi) is 4.36. The van der Waals surface area contributed by atoms with Crippen molar-refractivity contribution in [1.29, 1.82) is 0 Å². The van der Waals surface area contributed by atoms with Gasteiger partial charge in [-0.1, -0.05) is 6.07 Å². The van der Waals surface area contributed by atoms with Gasteiger partial charge in [0.15, 0.2) is 9.84 Å². The van der Waals surface area contributed by atoms with Crippen molar-refractivity contribution in [3.8, 4) is 0 Å². The largest absolute Gasteiger partial charge is 0.468 e. The van der Waals surface area contributed by atoms with Crippen molar-refractivity contribution in [3.05, 3.63) is 54.0 Å². The number of hydrogen-bond acceptors (Lipinski definition) is 5. The molecule has 6 nitrogen and oxygen atoms in total. The summed E-state index contributed by atoms with van der Waals surface area (Å²) in [7, 11) is 0.502. The second-order valence-electron chi connectivity index (χ2n) is 6.16. The van der Waals surface area contributed by atoms with E-state index < -0.39 is 15.1 Å². The number of sulfone groups is 1. The molecule has 0 aliphatic carbocycles. The van der Waals surface area contributed by atoms with Gasteiger partial charge in [0.25, 0.3) is 5.91 Å². The molecule has 0 radical (unpaired) electrons. The fourth-order valence-corrected chi connectivity index (χ4v) is 4.25. The first-order valence-electron chi connectivity index (χ1n) is 7.67. The van der Waals surface area contributed by atoms with Crippen LogP contribution >= 0.6 is 0 Å². The van der Waals surface area contributed by atoms with E-state index in [-0.39, 0.29) is 24.7 Å². The van der Waals surface area contributed by atoms with Crippen LogP contribution in [0.2, 0.25) is 0 Å². The first-order chi connectivity index (χ1) is 11.4. The quantitative estimate of drug-likeness (QED) is 0.824. The Balaban J connectivity index is 1.63. The molecule has 2 heterocycles. The van der Waals surface area contributed by atoms with Gasteiger partial charge in [-0.3, -0.25) is 4.79 Å². The lowest BCUT2D eigenvalue weighted by atomic mass is 10.1. The lowest BCUT2D eigenvalue weighted by Crippen LogP contribution is -2.57. The molecule has 24 heavy (non-hydrogen) atoms. The molecular weight excluding hydrogens is 328 g/mol. The molecule has 0 N–H and O–H groups in total. The predicted molar refractivity (Wildman–Crippen MR) is 91.8 cm³/mol. The number of rotatable bonds is 5. The van der Waals surface area contributed by atoms with Crippen molar-refractivity contribution in [2.24, 2.45) is 0 Å². The Bertz CT molecular complexity index is 822. The second-order valence-corrected chi connectivity index (χ2v) is 8.44. The highest BCUT2D eigenvalue weighted by molar-refractivity contribution is 7.91. The Labute approximate surface area is 141 Å². The lowest BCUT2D eigenvalue weighted by Gasteiger charge is -2.38. The summed E-state index contributed by atoms with van der Waals surface area (Å²) in [5.74, 6) is 0.171. The van der Waals surface area contributed by atoms with Gasteiger partial charge in [0, 0.05) is 38.4 Å². The van der Waals surface area contributed by atoms with Gasteiger partial charge in [0.05, 0.1) is 11.5 Å². The van der Waals surface area contributed by atoms with Crippen LogP contribution in [0, 0.1) is 0 Å². The Morgan fingerprint density at radius 2 is 2.00 bits per heavy atom. The van der Waals surface area contributed by atoms with Crippen molar-refractivity contribution in [2.45, 2.75) is 11.0 Å². The summed E-state index contributed by atoms with van der Waals surface area (Å²) in [4.78, 5) is 16.0. The van der Waals surface area contributed by atoms with Crippen LogP contribution in [0.15, 0.2) is 47.1 Å². The van der Waals surface area contributed by atoms with Crippen LogP contribution in [0.3, 0.4) is 0 Å². The van der Waals surface area contributed by atoms with E-state index in [1.165, 1.54) is 6.26 Å². The molecule has 3 rings (SSSR count). The highest BCUT2D eigenvalue weighted by Gasteiger charge is 2.40. The molecule has 0 atom stereocenters. The minimum Gasteiger partial charge on any atom is -0.468 e. The van der Waals surface area contributed by atoms with Crippen LogP contribution in [0.4, 0.5) is 5.69 Å². The summed E-state index contributed by atoms with van der Waals surface area (Å²) in [6.45, 7) is 0.460. The zero-order valence-corrected chi connectivity index (χ0v) is 14.5. The third kappa shape index (κ3) is 3.31. The average molecular weight is 348 g/mol. The van der Waals surface area contributed by atoms with Crippen LogP contribution in [-0.2, 0) is 15.6 Å². The predicted octanol–water partition coefficient (Wildman–Crippen LogP) is 1.79. The number of benzene rings is 1. The molecule has 1 aromatic heterocycles. The molecule has 128 valence electrons. The molecule has 1 amide bonds. The first-order valence-corrected chi connectivity index (χ1v) is 9.39. The van der Waals surface area contributed by atoms with Crippen LogP contribution in [0.25, 0.3) is 0 Å². The summed E-state index contributed by atoms with van der Waals surface area (Å²) in [5, 5.41) is -0.524. The van der Waals surface area contributed by atoms with E-state index in [0.29, 0.717) is 11.3 Å². The number of likely N-dealkylation sites (tertiary alicyclic amines) is 1. The van der Waals surface area contributed by atoms with Gasteiger partial charge in [-0.15, -0.1) is 0 Å². The van der Waals surface area contributed by atoms with E-state index in [1.807, 2.05) is 37.2 Å². The van der Waals surface area contributed by atoms with Gasteiger partial charge in [0.2, 0.25) is 0 Å². The molecule has 1 aliphatic heterocycles. The topological polar surface area (TPSA) is 70.8 Å². The Morgan fingerprint density at radius 3 is 2.62 bits per heavy atom. The second kappa shape index (κ2) is 6.32. The van der Waals surface area contributed by atoms with E-state index >= 15 is 0 Å². The maximum absolute atomic E-state index is 12.5. The molecule has 1 fully saturated rings. The van der Waals surface area contributed by atoms with E-state index in [1.54, 1.807) is 23.1 Å². The molecule has 2 aromatic rings. The van der Waals surface area contributed by atoms with Crippen LogP contribution < -0.4 is 4.90 Å². The number of amides is 1. The number of hydrogen-bond donors (Lipinski definition) is 0. The molecule has 0 unspecified atom stereocenters. The number of furan rings is 1. The van der Waals surface area contributed by atoms with Crippen molar-refractivity contribution < 1.29 is 17.6 Å². The number of carbonyl (C=O) groups excluding carboxylic acids is 1. The third-order valence-electron chi connectivity index (χ3n) is 4.18. The van der Waals surface area contributed by atoms with Gasteiger partial charge in [-0.05, 0) is 30.3 Å². The Morgan fingerprint density at radius 1 is 1.25 bits per heavy atom. The minimum atomic E-state index is -3.31. The Hall–Kier alpha value is -2.28. The van der Waals surface area contributed by atoms with E-state index in [2.05, 4.69) is 0 Å². The monoisotopic (exact) mass is 348 g/mol. The SMILES string of the molecule is CN(C)c1cccc(C(=O)N2CC(S(=O)(=O)Cc3ccco3)C2)c1. The summed E-state index contributed by atoms with van der Waals surface area (Å²) in [5.41, 5.74) is 1.51. The maximum atomic E-state index is 12.5. The number of carbonyl (C=O) groups is 1. The smallest absolute Gasteiger partial charge is 0.254 e. The van der Waals surface area contributed by atoms with E-state index in [4.69, 9.17) is 4.42 Å². The lowest BCUT2D eigenvalue weighted by molar-refractivity contribution is 0.0659. The van der Waals surface area contributed by atoms with Gasteiger partial charge in [-0.2, -0.15) is 0 Å². The van der Waals surface area contributed by atoms with Crippen molar-refractivity contribution in [2.75, 3.05) is 32.1 Å². The maximum Gasteiger partial charge on any atom is 0.254 e. The molecule has 7 heteroatoms. The molecule has 1 aromatic carbocycles. The fraction of sp³-hybridized carbons (Fsp3) is 0.353. The molecule has 0 saturated carbocycles. The molecule has 1 aliphatic rings. The highest BCUT2D eigenvalue weighted by Crippen LogP contribution is 2.23. The van der Waals surface area contributed by atoms with E-state index in [9.17, 15) is 13.2 Å². The summed E-state index contributed by atoms with van der Waals surface area (Å²) < 4.78 is 29.8. The van der Waals surface area contributed by atoms with Crippen LogP contribution in [0.1, 0.15) is 16.1 Å². The van der Waals surface area contributed by atoms with Crippen molar-refractivity contribution >= 4 is 21.4 Å². The number of anilines is 1. The van der Waals surface area contributed by atoms with Crippen LogP contribution in [-0.4, -0.2) is 51.7 Å². The third-order valence-corrected chi connectivity index (χ3v) is 6.18. The molecular formula is C17H20N2O4S. The number of nitrogens with zero attached hydrogens (tertiary/aromatic N) is 2. The van der Waals surface area contributed by atoms with Gasteiger partial charge >= 0.3 is 0 Å². The fourth-order valence-electron chi connectivity index (χ4n) is 2.64. The van der Waals surface area contributed by atoms with Crippen LogP contribution in [0.5, 0.6) is 0 Å². The summed E-state index contributed by atoms with van der Waals surface area (Å²) in [6, 6.07) is 10.6. The summed E-state index contributed by atoms with van der Waals surface area (Å²) >= 11 is 0. The average Bonchev–Trinajstić information content (AvgIpc) is 2.97. The molecule has 1 saturated heterocycles. The van der Waals surface area contributed by atoms with Gasteiger partial charge in [0.1, 0.15) is 11.5 Å². The van der Waals surface area contributed by atoms with Crippen molar-refractivity contribution in [3.63, 3.8) is 0 Å². The summed E-state index contributed by atoms with van der Waals surface area (Å²) in [6.07, 6.45) is 1.46. The van der Waals surface area contributed by atoms with Crippen molar-refractivity contribution in [1.82, 2.24) is 4.90 Å². The highest BCUT2D eigenvalue weighted by atomic mass is 32.2.